The first kappa shape index (κ1) is 32.8. The number of hydrogen-bond acceptors (Lipinski definition) is 12. The molecule has 0 saturated heterocycles. The molecule has 0 amide bonds. The molecule has 0 unspecified atom stereocenters. The van der Waals surface area contributed by atoms with Crippen molar-refractivity contribution >= 4 is 23.9 Å². The highest BCUT2D eigenvalue weighted by molar-refractivity contribution is 5.91. The molecule has 0 aromatic carbocycles. The van der Waals surface area contributed by atoms with Crippen LogP contribution in [0.3, 0.4) is 0 Å². The fourth-order valence-corrected chi connectivity index (χ4v) is 1.06. The Bertz CT molecular complexity index is 525. The minimum absolute atomic E-state index is 0.0278. The van der Waals surface area contributed by atoms with Crippen molar-refractivity contribution in [3.05, 3.63) is 24.3 Å². The number of carbonyl (C=O) groups is 4. The zero-order valence-corrected chi connectivity index (χ0v) is 17.4. The monoisotopic (exact) mass is 454 g/mol. The second-order valence-corrected chi connectivity index (χ2v) is 4.61. The van der Waals surface area contributed by atoms with Crippen molar-refractivity contribution in [2.24, 2.45) is 0 Å². The highest BCUT2D eigenvalue weighted by Crippen LogP contribution is 1.85. The fraction of sp³-hybridized carbons (Fsp3) is 0.556. The summed E-state index contributed by atoms with van der Waals surface area (Å²) in [4.78, 5) is 41.3. The number of ether oxygens (including phenoxy) is 5. The van der Waals surface area contributed by atoms with Gasteiger partial charge in [0.15, 0.2) is 0 Å². The molecule has 0 aromatic heterocycles. The zero-order chi connectivity index (χ0) is 24.3. The molecule has 0 radical (unpaired) electrons. The summed E-state index contributed by atoms with van der Waals surface area (Å²) in [6, 6.07) is 0. The number of methoxy groups -OCH3 is 2. The van der Waals surface area contributed by atoms with E-state index >= 15 is 0 Å². The summed E-state index contributed by atoms with van der Waals surface area (Å²) in [6.07, 6.45) is 3.49. The van der Waals surface area contributed by atoms with Crippen molar-refractivity contribution in [1.29, 1.82) is 0 Å². The van der Waals surface area contributed by atoms with E-state index in [-0.39, 0.29) is 39.6 Å². The van der Waals surface area contributed by atoms with Crippen LogP contribution in [0.5, 0.6) is 0 Å². The summed E-state index contributed by atoms with van der Waals surface area (Å²) < 4.78 is 22.5. The number of rotatable bonds is 13. The number of aliphatic hydroxyl groups is 3. The van der Waals surface area contributed by atoms with Gasteiger partial charge in [0.05, 0.1) is 60.5 Å². The van der Waals surface area contributed by atoms with Gasteiger partial charge in [-0.2, -0.15) is 0 Å². The fourth-order valence-electron chi connectivity index (χ4n) is 1.06. The van der Waals surface area contributed by atoms with Crippen LogP contribution in [0.1, 0.15) is 0 Å². The van der Waals surface area contributed by atoms with Crippen LogP contribution in [0.2, 0.25) is 0 Å². The van der Waals surface area contributed by atoms with Crippen molar-refractivity contribution < 1.29 is 63.3 Å². The van der Waals surface area contributed by atoms with Crippen molar-refractivity contribution in [2.45, 2.75) is 0 Å². The molecule has 13 nitrogen and oxygen atoms in total. The standard InChI is InChI=1S/C9H14O6.C5H6O4.C4H10O3/c1-13-8(11)2-3-9(12)15-7-6-14-5-4-10;1-9-5(8)3-2-4(6)7;5-1-3-7-4-2-6/h2-3,10H,4-7H2,1H3;2-3H,1H3,(H,6,7);5-6H,1-4H2/b2*3-2+;. The molecule has 0 aromatic rings. The average molecular weight is 454 g/mol. The molecule has 0 saturated carbocycles. The summed E-state index contributed by atoms with van der Waals surface area (Å²) in [6.45, 7) is 1.11. The van der Waals surface area contributed by atoms with Gasteiger partial charge in [0.2, 0.25) is 0 Å². The van der Waals surface area contributed by atoms with Gasteiger partial charge in [0.25, 0.3) is 0 Å². The molecule has 0 aliphatic heterocycles. The highest BCUT2D eigenvalue weighted by Gasteiger charge is 1.98. The molecule has 0 aliphatic rings. The molecule has 0 bridgehead atoms. The SMILES string of the molecule is COC(=O)/C=C/C(=O)O.COC(=O)/C=C/C(=O)OCCOCCO.OCCOCCO. The van der Waals surface area contributed by atoms with E-state index in [4.69, 9.17) is 25.2 Å². The summed E-state index contributed by atoms with van der Waals surface area (Å²) in [5, 5.41) is 32.5. The predicted molar refractivity (Wildman–Crippen MR) is 104 cm³/mol. The molecular weight excluding hydrogens is 424 g/mol. The first-order valence-electron chi connectivity index (χ1n) is 8.68. The number of carboxylic acid groups (broad SMARTS) is 1. The lowest BCUT2D eigenvalue weighted by atomic mass is 10.5. The van der Waals surface area contributed by atoms with Gasteiger partial charge in [-0.05, 0) is 0 Å². The van der Waals surface area contributed by atoms with Gasteiger partial charge in [-0.15, -0.1) is 0 Å². The largest absolute Gasteiger partial charge is 0.478 e. The third-order valence-corrected chi connectivity index (χ3v) is 2.30. The van der Waals surface area contributed by atoms with E-state index in [1.165, 1.54) is 14.2 Å². The number of aliphatic carboxylic acids is 1. The maximum atomic E-state index is 10.9. The molecule has 0 fully saturated rings. The molecule has 0 rings (SSSR count). The Balaban J connectivity index is -0.000000417. The van der Waals surface area contributed by atoms with Crippen LogP contribution in [0.4, 0.5) is 0 Å². The zero-order valence-electron chi connectivity index (χ0n) is 17.4. The van der Waals surface area contributed by atoms with Crippen molar-refractivity contribution in [2.75, 3.05) is 67.1 Å². The van der Waals surface area contributed by atoms with Gasteiger partial charge in [0, 0.05) is 24.3 Å². The second-order valence-electron chi connectivity index (χ2n) is 4.61. The Morgan fingerprint density at radius 2 is 1.00 bits per heavy atom. The number of carboxylic acids is 1. The van der Waals surface area contributed by atoms with E-state index in [1.54, 1.807) is 0 Å². The van der Waals surface area contributed by atoms with Gasteiger partial charge in [-0.1, -0.05) is 0 Å². The molecule has 0 spiro atoms. The van der Waals surface area contributed by atoms with Gasteiger partial charge < -0.3 is 44.1 Å². The van der Waals surface area contributed by atoms with Crippen LogP contribution in [-0.4, -0.2) is 111 Å². The van der Waals surface area contributed by atoms with E-state index in [0.717, 1.165) is 18.2 Å². The van der Waals surface area contributed by atoms with Crippen LogP contribution in [-0.2, 0) is 42.9 Å². The van der Waals surface area contributed by atoms with Gasteiger partial charge in [-0.3, -0.25) is 0 Å². The topological polar surface area (TPSA) is 195 Å². The Morgan fingerprint density at radius 1 is 0.613 bits per heavy atom. The quantitative estimate of drug-likeness (QED) is 0.104. The van der Waals surface area contributed by atoms with Crippen LogP contribution in [0.25, 0.3) is 0 Å². The molecule has 0 heterocycles. The molecule has 0 aliphatic carbocycles. The lowest BCUT2D eigenvalue weighted by Gasteiger charge is -2.02. The third kappa shape index (κ3) is 35.0. The first-order chi connectivity index (χ1) is 14.8. The Kier molecular flexibility index (Phi) is 28.8. The summed E-state index contributed by atoms with van der Waals surface area (Å²) in [5.74, 6) is -3.10. The number of aliphatic hydroxyl groups excluding tert-OH is 3. The van der Waals surface area contributed by atoms with E-state index in [1.807, 2.05) is 0 Å². The number of hydrogen-bond donors (Lipinski definition) is 4. The Morgan fingerprint density at radius 3 is 1.39 bits per heavy atom. The predicted octanol–water partition coefficient (Wildman–Crippen LogP) is -1.94. The van der Waals surface area contributed by atoms with Crippen LogP contribution in [0, 0.1) is 0 Å². The summed E-state index contributed by atoms with van der Waals surface area (Å²) >= 11 is 0. The van der Waals surface area contributed by atoms with Crippen molar-refractivity contribution in [3.63, 3.8) is 0 Å². The summed E-state index contributed by atoms with van der Waals surface area (Å²) in [7, 11) is 2.38. The number of esters is 3. The molecule has 31 heavy (non-hydrogen) atoms. The Hall–Kier alpha value is -2.84. The van der Waals surface area contributed by atoms with Crippen LogP contribution < -0.4 is 0 Å². The molecule has 4 N–H and O–H groups in total. The van der Waals surface area contributed by atoms with Gasteiger partial charge in [0.1, 0.15) is 6.61 Å². The van der Waals surface area contributed by atoms with Crippen LogP contribution in [0.15, 0.2) is 24.3 Å². The second kappa shape index (κ2) is 27.2. The molecule has 13 heteroatoms. The first-order valence-corrected chi connectivity index (χ1v) is 8.68. The number of carbonyl (C=O) groups excluding carboxylic acids is 3. The van der Waals surface area contributed by atoms with Gasteiger partial charge in [-0.25, -0.2) is 19.2 Å². The maximum Gasteiger partial charge on any atom is 0.331 e. The smallest absolute Gasteiger partial charge is 0.331 e. The van der Waals surface area contributed by atoms with E-state index in [2.05, 4.69) is 18.9 Å². The lowest BCUT2D eigenvalue weighted by Crippen LogP contribution is -2.10. The molecule has 180 valence electrons. The van der Waals surface area contributed by atoms with E-state index in [0.29, 0.717) is 19.3 Å². The lowest BCUT2D eigenvalue weighted by molar-refractivity contribution is -0.140. The molecule has 0 atom stereocenters. The minimum atomic E-state index is -1.17. The Labute approximate surface area is 179 Å². The highest BCUT2D eigenvalue weighted by atomic mass is 16.6. The third-order valence-electron chi connectivity index (χ3n) is 2.30. The summed E-state index contributed by atoms with van der Waals surface area (Å²) in [5.41, 5.74) is 0. The van der Waals surface area contributed by atoms with E-state index < -0.39 is 23.9 Å². The molecular formula is C18H30O13. The van der Waals surface area contributed by atoms with Crippen molar-refractivity contribution in [3.8, 4) is 0 Å². The van der Waals surface area contributed by atoms with Crippen LogP contribution >= 0.6 is 0 Å². The van der Waals surface area contributed by atoms with Gasteiger partial charge >= 0.3 is 23.9 Å². The minimum Gasteiger partial charge on any atom is -0.478 e. The average Bonchev–Trinajstić information content (AvgIpc) is 2.76. The normalized spacial score (nSPS) is 9.84. The van der Waals surface area contributed by atoms with E-state index in [9.17, 15) is 19.2 Å². The van der Waals surface area contributed by atoms with Crippen molar-refractivity contribution in [1.82, 2.24) is 0 Å². The maximum absolute atomic E-state index is 10.9.